The number of benzene rings is 1. The Bertz CT molecular complexity index is 580. The molecule has 0 aliphatic carbocycles. The van der Waals surface area contributed by atoms with Crippen molar-refractivity contribution >= 4 is 35.3 Å². The van der Waals surface area contributed by atoms with Crippen molar-refractivity contribution in [2.45, 2.75) is 0 Å². The highest BCUT2D eigenvalue weighted by Crippen LogP contribution is 2.17. The Morgan fingerprint density at radius 2 is 1.95 bits per heavy atom. The summed E-state index contributed by atoms with van der Waals surface area (Å²) in [7, 11) is 2.49. The number of aliphatic carboxylic acids is 1. The van der Waals surface area contributed by atoms with Crippen LogP contribution < -0.4 is 0 Å². The van der Waals surface area contributed by atoms with Crippen molar-refractivity contribution in [2.75, 3.05) is 14.2 Å². The van der Waals surface area contributed by atoms with Crippen molar-refractivity contribution in [3.05, 3.63) is 40.4 Å². The number of carbonyl (C=O) groups excluding carboxylic acids is 1. The van der Waals surface area contributed by atoms with Crippen LogP contribution in [0.5, 0.6) is 0 Å². The third-order valence-corrected chi connectivity index (χ3v) is 2.53. The predicted molar refractivity (Wildman–Crippen MR) is 73.5 cm³/mol. The van der Waals surface area contributed by atoms with Gasteiger partial charge in [0, 0.05) is 5.56 Å². The number of esters is 1. The summed E-state index contributed by atoms with van der Waals surface area (Å²) in [5.41, 5.74) is 0.665. The lowest BCUT2D eigenvalue weighted by atomic mass is 10.0. The average molecular weight is 298 g/mol. The molecule has 0 saturated carbocycles. The molecule has 7 heteroatoms. The zero-order valence-corrected chi connectivity index (χ0v) is 11.5. The number of oxime groups is 1. The van der Waals surface area contributed by atoms with Crippen LogP contribution in [-0.2, 0) is 19.2 Å². The molecule has 1 rings (SSSR count). The average Bonchev–Trinajstić information content (AvgIpc) is 2.44. The van der Waals surface area contributed by atoms with Crippen LogP contribution in [0.15, 0.2) is 34.5 Å². The summed E-state index contributed by atoms with van der Waals surface area (Å²) in [6, 6.07) is 6.50. The lowest BCUT2D eigenvalue weighted by Gasteiger charge is -2.07. The Balaban J connectivity index is 3.38. The number of halogens is 1. The van der Waals surface area contributed by atoms with Gasteiger partial charge in [-0.1, -0.05) is 41.0 Å². The Labute approximate surface area is 120 Å². The van der Waals surface area contributed by atoms with E-state index in [9.17, 15) is 9.59 Å². The maximum absolute atomic E-state index is 11.7. The van der Waals surface area contributed by atoms with Crippen molar-refractivity contribution in [2.24, 2.45) is 5.16 Å². The van der Waals surface area contributed by atoms with Gasteiger partial charge in [-0.2, -0.15) is 0 Å². The van der Waals surface area contributed by atoms with Gasteiger partial charge in [0.05, 0.1) is 7.11 Å². The highest BCUT2D eigenvalue weighted by Gasteiger charge is 2.18. The van der Waals surface area contributed by atoms with Crippen LogP contribution in [0.4, 0.5) is 0 Å². The molecular weight excluding hydrogens is 286 g/mol. The lowest BCUT2D eigenvalue weighted by molar-refractivity contribution is -0.133. The molecule has 0 aliphatic heterocycles. The maximum Gasteiger partial charge on any atom is 0.360 e. The fourth-order valence-corrected chi connectivity index (χ4v) is 1.54. The van der Waals surface area contributed by atoms with E-state index in [1.165, 1.54) is 20.3 Å². The van der Waals surface area contributed by atoms with E-state index in [0.717, 1.165) is 0 Å². The van der Waals surface area contributed by atoms with Gasteiger partial charge in [-0.25, -0.2) is 9.59 Å². The van der Waals surface area contributed by atoms with Crippen molar-refractivity contribution in [3.63, 3.8) is 0 Å². The normalized spacial score (nSPS) is 11.9. The van der Waals surface area contributed by atoms with Gasteiger partial charge in [0.25, 0.3) is 0 Å². The third kappa shape index (κ3) is 3.83. The van der Waals surface area contributed by atoms with Gasteiger partial charge in [0.2, 0.25) is 0 Å². The molecule has 0 bridgehead atoms. The molecule has 0 unspecified atom stereocenters. The van der Waals surface area contributed by atoms with Crippen molar-refractivity contribution in [3.8, 4) is 0 Å². The standard InChI is InChI=1S/C13H12ClNO5/c1-19-13(18)11(15-20-2)9-6-4-3-5-8(9)7-10(14)12(16)17/h3-7H,1-2H3,(H,16,17)/b10-7-,15-11+. The summed E-state index contributed by atoms with van der Waals surface area (Å²) in [4.78, 5) is 27.0. The Morgan fingerprint density at radius 1 is 1.30 bits per heavy atom. The van der Waals surface area contributed by atoms with Gasteiger partial charge < -0.3 is 14.7 Å². The maximum atomic E-state index is 11.7. The summed E-state index contributed by atoms with van der Waals surface area (Å²) in [5.74, 6) is -1.98. The van der Waals surface area contributed by atoms with Crippen molar-refractivity contribution < 1.29 is 24.3 Å². The molecule has 0 aromatic heterocycles. The first-order valence-electron chi connectivity index (χ1n) is 5.40. The summed E-state index contributed by atoms with van der Waals surface area (Å²) in [5, 5.41) is 12.0. The van der Waals surface area contributed by atoms with Crippen molar-refractivity contribution in [1.29, 1.82) is 0 Å². The van der Waals surface area contributed by atoms with Crippen LogP contribution in [0.3, 0.4) is 0 Å². The van der Waals surface area contributed by atoms with Gasteiger partial charge in [-0.05, 0) is 11.6 Å². The van der Waals surface area contributed by atoms with Crippen LogP contribution in [0.25, 0.3) is 6.08 Å². The minimum absolute atomic E-state index is 0.0864. The lowest BCUT2D eigenvalue weighted by Crippen LogP contribution is -2.18. The molecule has 106 valence electrons. The molecule has 0 atom stereocenters. The molecule has 0 amide bonds. The van der Waals surface area contributed by atoms with Crippen LogP contribution in [0.2, 0.25) is 0 Å². The van der Waals surface area contributed by atoms with Crippen LogP contribution in [0, 0.1) is 0 Å². The van der Waals surface area contributed by atoms with E-state index in [4.69, 9.17) is 16.7 Å². The first kappa shape index (κ1) is 15.7. The van der Waals surface area contributed by atoms with Gasteiger partial charge in [-0.15, -0.1) is 0 Å². The molecule has 20 heavy (non-hydrogen) atoms. The zero-order valence-electron chi connectivity index (χ0n) is 10.8. The summed E-state index contributed by atoms with van der Waals surface area (Å²) >= 11 is 5.59. The smallest absolute Gasteiger partial charge is 0.360 e. The van der Waals surface area contributed by atoms with Crippen LogP contribution in [-0.4, -0.2) is 37.0 Å². The van der Waals surface area contributed by atoms with Gasteiger partial charge in [0.15, 0.2) is 5.71 Å². The minimum atomic E-state index is -1.27. The molecule has 0 aliphatic rings. The number of hydrogen-bond acceptors (Lipinski definition) is 5. The topological polar surface area (TPSA) is 85.2 Å². The van der Waals surface area contributed by atoms with Gasteiger partial charge in [0.1, 0.15) is 12.1 Å². The third-order valence-electron chi connectivity index (χ3n) is 2.26. The van der Waals surface area contributed by atoms with Crippen molar-refractivity contribution in [1.82, 2.24) is 0 Å². The molecule has 0 spiro atoms. The number of carbonyl (C=O) groups is 2. The Kier molecular flexibility index (Phi) is 5.74. The highest BCUT2D eigenvalue weighted by atomic mass is 35.5. The van der Waals surface area contributed by atoms with E-state index in [0.29, 0.717) is 11.1 Å². The molecule has 6 nitrogen and oxygen atoms in total. The van der Waals surface area contributed by atoms with Crippen LogP contribution in [0.1, 0.15) is 11.1 Å². The molecule has 1 aromatic carbocycles. The van der Waals surface area contributed by atoms with E-state index in [1.54, 1.807) is 24.3 Å². The number of methoxy groups -OCH3 is 1. The Hall–Kier alpha value is -2.34. The number of rotatable bonds is 5. The second kappa shape index (κ2) is 7.30. The summed E-state index contributed by atoms with van der Waals surface area (Å²) in [6.07, 6.45) is 1.22. The van der Waals surface area contributed by atoms with E-state index in [1.807, 2.05) is 0 Å². The van der Waals surface area contributed by atoms with Crippen LogP contribution >= 0.6 is 11.6 Å². The monoisotopic (exact) mass is 297 g/mol. The molecule has 0 fully saturated rings. The highest BCUT2D eigenvalue weighted by molar-refractivity contribution is 6.45. The molecule has 0 heterocycles. The molecule has 0 radical (unpaired) electrons. The van der Waals surface area contributed by atoms with E-state index in [2.05, 4.69) is 14.7 Å². The molecular formula is C13H12ClNO5. The Morgan fingerprint density at radius 3 is 2.50 bits per heavy atom. The summed E-state index contributed by atoms with van der Waals surface area (Å²) < 4.78 is 4.61. The number of ether oxygens (including phenoxy) is 1. The SMILES string of the molecule is CO/N=C(/C(=O)OC)c1ccccc1/C=C(\Cl)C(=O)O. The molecule has 0 saturated heterocycles. The number of nitrogens with zero attached hydrogens (tertiary/aromatic N) is 1. The second-order valence-electron chi connectivity index (χ2n) is 3.50. The largest absolute Gasteiger partial charge is 0.477 e. The van der Waals surface area contributed by atoms with Gasteiger partial charge >= 0.3 is 11.9 Å². The van der Waals surface area contributed by atoms with Gasteiger partial charge in [-0.3, -0.25) is 0 Å². The number of carboxylic acid groups (broad SMARTS) is 1. The first-order valence-corrected chi connectivity index (χ1v) is 5.78. The number of carboxylic acids is 1. The number of hydrogen-bond donors (Lipinski definition) is 1. The second-order valence-corrected chi connectivity index (χ2v) is 3.91. The van der Waals surface area contributed by atoms with E-state index < -0.39 is 11.9 Å². The molecule has 1 N–H and O–H groups in total. The fraction of sp³-hybridized carbons (Fsp3) is 0.154. The fourth-order valence-electron chi connectivity index (χ4n) is 1.42. The van der Waals surface area contributed by atoms with E-state index in [-0.39, 0.29) is 10.7 Å². The quantitative estimate of drug-likeness (QED) is 0.388. The zero-order chi connectivity index (χ0) is 15.1. The summed E-state index contributed by atoms with van der Waals surface area (Å²) in [6.45, 7) is 0. The molecule has 1 aromatic rings. The minimum Gasteiger partial charge on any atom is -0.477 e. The van der Waals surface area contributed by atoms with E-state index >= 15 is 0 Å². The predicted octanol–water partition coefficient (Wildman–Crippen LogP) is 1.87. The first-order chi connectivity index (χ1) is 9.51.